The van der Waals surface area contributed by atoms with Crippen LogP contribution in [0.3, 0.4) is 0 Å². The Morgan fingerprint density at radius 2 is 1.87 bits per heavy atom. The molecule has 2 aromatic carbocycles. The van der Waals surface area contributed by atoms with Crippen molar-refractivity contribution in [2.75, 3.05) is 11.5 Å². The number of nitrogens with zero attached hydrogens (tertiary/aromatic N) is 5. The minimum absolute atomic E-state index is 0.0151. The first kappa shape index (κ1) is 19.0. The summed E-state index contributed by atoms with van der Waals surface area (Å²) in [5, 5.41) is 20.5. The molecule has 0 atom stereocenters. The largest absolute Gasteiger partial charge is 0.494 e. The molecular formula is C21H15N5O4. The van der Waals surface area contributed by atoms with Gasteiger partial charge in [0.2, 0.25) is 5.91 Å². The van der Waals surface area contributed by atoms with Gasteiger partial charge in [0.1, 0.15) is 23.3 Å². The molecule has 1 aromatic heterocycles. The van der Waals surface area contributed by atoms with Gasteiger partial charge in [-0.1, -0.05) is 0 Å². The van der Waals surface area contributed by atoms with Crippen LogP contribution in [0.4, 0.5) is 17.2 Å². The molecule has 148 valence electrons. The first-order valence-electron chi connectivity index (χ1n) is 9.13. The third-order valence-electron chi connectivity index (χ3n) is 4.62. The summed E-state index contributed by atoms with van der Waals surface area (Å²) < 4.78 is 5.44. The van der Waals surface area contributed by atoms with Crippen LogP contribution in [0.5, 0.6) is 5.75 Å². The maximum Gasteiger partial charge on any atom is 0.269 e. The molecule has 9 nitrogen and oxygen atoms in total. The smallest absolute Gasteiger partial charge is 0.269 e. The predicted molar refractivity (Wildman–Crippen MR) is 107 cm³/mol. The number of carbonyl (C=O) groups excluding carboxylic acids is 1. The number of carbonyl (C=O) groups is 1. The van der Waals surface area contributed by atoms with Gasteiger partial charge < -0.3 is 4.74 Å². The maximum absolute atomic E-state index is 12.7. The number of aromatic nitrogens is 2. The molecule has 0 unspecified atom stereocenters. The molecule has 0 spiro atoms. The molecule has 1 aliphatic heterocycles. The van der Waals surface area contributed by atoms with E-state index in [-0.39, 0.29) is 23.7 Å². The number of hydrogen-bond donors (Lipinski definition) is 0. The normalized spacial score (nSPS) is 12.4. The van der Waals surface area contributed by atoms with E-state index < -0.39 is 4.92 Å². The number of ether oxygens (including phenoxy) is 1. The van der Waals surface area contributed by atoms with Crippen LogP contribution in [0.25, 0.3) is 11.4 Å². The van der Waals surface area contributed by atoms with Crippen molar-refractivity contribution in [3.8, 4) is 23.2 Å². The van der Waals surface area contributed by atoms with Crippen LogP contribution < -0.4 is 9.64 Å². The number of non-ortho nitro benzene ring substituents is 1. The van der Waals surface area contributed by atoms with Gasteiger partial charge >= 0.3 is 0 Å². The third-order valence-corrected chi connectivity index (χ3v) is 4.62. The van der Waals surface area contributed by atoms with Crippen LogP contribution in [0.1, 0.15) is 18.2 Å². The highest BCUT2D eigenvalue weighted by Crippen LogP contribution is 2.37. The van der Waals surface area contributed by atoms with E-state index in [0.717, 1.165) is 0 Å². The Morgan fingerprint density at radius 1 is 1.17 bits per heavy atom. The number of rotatable bonds is 5. The molecule has 3 aromatic rings. The van der Waals surface area contributed by atoms with Crippen molar-refractivity contribution in [3.63, 3.8) is 0 Å². The van der Waals surface area contributed by atoms with Crippen LogP contribution in [-0.4, -0.2) is 27.4 Å². The Balaban J connectivity index is 1.79. The second-order valence-electron chi connectivity index (χ2n) is 6.45. The van der Waals surface area contributed by atoms with Crippen molar-refractivity contribution >= 4 is 23.1 Å². The fourth-order valence-corrected chi connectivity index (χ4v) is 3.25. The van der Waals surface area contributed by atoms with E-state index in [9.17, 15) is 20.2 Å². The van der Waals surface area contributed by atoms with E-state index in [2.05, 4.69) is 9.97 Å². The van der Waals surface area contributed by atoms with Gasteiger partial charge in [-0.15, -0.1) is 0 Å². The van der Waals surface area contributed by atoms with E-state index in [1.54, 1.807) is 24.3 Å². The van der Waals surface area contributed by atoms with Crippen molar-refractivity contribution in [2.45, 2.75) is 13.3 Å². The predicted octanol–water partition coefficient (Wildman–Crippen LogP) is 3.54. The topological polar surface area (TPSA) is 122 Å². The van der Waals surface area contributed by atoms with E-state index in [1.165, 1.54) is 29.2 Å². The summed E-state index contributed by atoms with van der Waals surface area (Å²) in [7, 11) is 0. The summed E-state index contributed by atoms with van der Waals surface area (Å²) in [5.41, 5.74) is 1.59. The molecule has 1 amide bonds. The van der Waals surface area contributed by atoms with Gasteiger partial charge in [0.25, 0.3) is 5.69 Å². The minimum Gasteiger partial charge on any atom is -0.494 e. The Hall–Kier alpha value is -4.32. The van der Waals surface area contributed by atoms with Crippen molar-refractivity contribution in [1.29, 1.82) is 5.26 Å². The lowest BCUT2D eigenvalue weighted by atomic mass is 10.1. The number of amides is 1. The molecular weight excluding hydrogens is 386 g/mol. The van der Waals surface area contributed by atoms with E-state index in [4.69, 9.17) is 4.74 Å². The molecule has 0 aliphatic carbocycles. The summed E-state index contributed by atoms with van der Waals surface area (Å²) in [6.45, 7) is 2.43. The SMILES string of the molecule is CCOc1ccc(-c2nc(C#N)c3c(n2)N(c2ccc([N+](=O)[O-])cc2)C(=O)C3)cc1. The number of benzene rings is 2. The molecule has 0 fully saturated rings. The van der Waals surface area contributed by atoms with E-state index in [1.807, 2.05) is 13.0 Å². The van der Waals surface area contributed by atoms with Gasteiger partial charge in [0, 0.05) is 23.3 Å². The lowest BCUT2D eigenvalue weighted by Gasteiger charge is -2.17. The number of nitro benzene ring substituents is 1. The molecule has 0 saturated heterocycles. The van der Waals surface area contributed by atoms with Crippen LogP contribution in [0.2, 0.25) is 0 Å². The summed E-state index contributed by atoms with van der Waals surface area (Å²) in [6, 6.07) is 14.8. The van der Waals surface area contributed by atoms with Gasteiger partial charge in [0.15, 0.2) is 5.82 Å². The minimum atomic E-state index is -0.510. The summed E-state index contributed by atoms with van der Waals surface area (Å²) >= 11 is 0. The van der Waals surface area contributed by atoms with Crippen LogP contribution in [0, 0.1) is 21.4 Å². The van der Waals surface area contributed by atoms with Gasteiger partial charge in [0.05, 0.1) is 23.6 Å². The molecule has 4 rings (SSSR count). The summed E-state index contributed by atoms with van der Waals surface area (Å²) in [6.07, 6.45) is -0.0151. The van der Waals surface area contributed by atoms with Gasteiger partial charge in [-0.25, -0.2) is 9.97 Å². The molecule has 2 heterocycles. The lowest BCUT2D eigenvalue weighted by molar-refractivity contribution is -0.384. The number of nitro groups is 1. The molecule has 1 aliphatic rings. The lowest BCUT2D eigenvalue weighted by Crippen LogP contribution is -2.21. The molecule has 0 saturated carbocycles. The zero-order chi connectivity index (χ0) is 21.3. The van der Waals surface area contributed by atoms with E-state index in [0.29, 0.717) is 40.8 Å². The highest BCUT2D eigenvalue weighted by Gasteiger charge is 2.34. The molecule has 30 heavy (non-hydrogen) atoms. The molecule has 0 N–H and O–H groups in total. The first-order chi connectivity index (χ1) is 14.5. The first-order valence-corrected chi connectivity index (χ1v) is 9.13. The second-order valence-corrected chi connectivity index (χ2v) is 6.45. The van der Waals surface area contributed by atoms with Crippen molar-refractivity contribution in [3.05, 3.63) is 69.9 Å². The Bertz CT molecular complexity index is 1180. The molecule has 0 radical (unpaired) electrons. The standard InChI is InChI=1S/C21H15N5O4/c1-2-30-16-9-3-13(4-10-16)20-23-18(12-22)17-11-19(27)25(21(17)24-20)14-5-7-15(8-6-14)26(28)29/h3-10H,2,11H2,1H3. The average molecular weight is 401 g/mol. The van der Waals surface area contributed by atoms with E-state index >= 15 is 0 Å². The zero-order valence-corrected chi connectivity index (χ0v) is 15.9. The van der Waals surface area contributed by atoms with Crippen LogP contribution in [0.15, 0.2) is 48.5 Å². The van der Waals surface area contributed by atoms with Gasteiger partial charge in [-0.2, -0.15) is 5.26 Å². The monoisotopic (exact) mass is 401 g/mol. The van der Waals surface area contributed by atoms with Crippen molar-refractivity contribution in [1.82, 2.24) is 9.97 Å². The maximum atomic E-state index is 12.7. The fraction of sp³-hybridized carbons (Fsp3) is 0.143. The highest BCUT2D eigenvalue weighted by molar-refractivity contribution is 6.07. The molecule has 0 bridgehead atoms. The van der Waals surface area contributed by atoms with Crippen LogP contribution >= 0.6 is 0 Å². The highest BCUT2D eigenvalue weighted by atomic mass is 16.6. The number of nitriles is 1. The van der Waals surface area contributed by atoms with Crippen molar-refractivity contribution < 1.29 is 14.5 Å². The fourth-order valence-electron chi connectivity index (χ4n) is 3.25. The summed E-state index contributed by atoms with van der Waals surface area (Å²) in [5.74, 6) is 1.03. The zero-order valence-electron chi connectivity index (χ0n) is 15.9. The number of hydrogen-bond acceptors (Lipinski definition) is 7. The quantitative estimate of drug-likeness (QED) is 0.473. The van der Waals surface area contributed by atoms with Crippen LogP contribution in [-0.2, 0) is 11.2 Å². The number of fused-ring (bicyclic) bond motifs is 1. The van der Waals surface area contributed by atoms with Gasteiger partial charge in [-0.05, 0) is 43.3 Å². The summed E-state index contributed by atoms with van der Waals surface area (Å²) in [4.78, 5) is 33.3. The average Bonchev–Trinajstić information content (AvgIpc) is 3.09. The Kier molecular flexibility index (Phi) is 4.82. The second kappa shape index (κ2) is 7.60. The van der Waals surface area contributed by atoms with Gasteiger partial charge in [-0.3, -0.25) is 19.8 Å². The third kappa shape index (κ3) is 3.31. The number of anilines is 2. The molecule has 9 heteroatoms. The Morgan fingerprint density at radius 3 is 2.47 bits per heavy atom. The van der Waals surface area contributed by atoms with Crippen molar-refractivity contribution in [2.24, 2.45) is 0 Å². The Labute approximate surface area is 171 Å².